The van der Waals surface area contributed by atoms with Gasteiger partial charge in [0.15, 0.2) is 0 Å². The maximum absolute atomic E-state index is 12.4. The number of nitrogens with zero attached hydrogens (tertiary/aromatic N) is 2. The van der Waals surface area contributed by atoms with Crippen molar-refractivity contribution in [2.45, 2.75) is 6.92 Å². The molecule has 0 aliphatic carbocycles. The monoisotopic (exact) mass is 277 g/mol. The van der Waals surface area contributed by atoms with E-state index >= 15 is 0 Å². The summed E-state index contributed by atoms with van der Waals surface area (Å²) in [5, 5.41) is 0. The van der Waals surface area contributed by atoms with Crippen LogP contribution in [0.25, 0.3) is 0 Å². The van der Waals surface area contributed by atoms with Crippen LogP contribution in [-0.2, 0) is 0 Å². The van der Waals surface area contributed by atoms with Gasteiger partial charge in [-0.3, -0.25) is 4.79 Å². The molecule has 0 radical (unpaired) electrons. The minimum absolute atomic E-state index is 0.0638. The number of rotatable bonds is 3. The van der Waals surface area contributed by atoms with E-state index in [0.29, 0.717) is 10.6 Å². The first kappa shape index (κ1) is 14.0. The lowest BCUT2D eigenvalue weighted by Gasteiger charge is -2.34. The van der Waals surface area contributed by atoms with E-state index < -0.39 is 0 Å². The number of hydrogen-bond acceptors (Lipinski definition) is 3. The van der Waals surface area contributed by atoms with Crippen LogP contribution in [0.1, 0.15) is 22.8 Å². The molecule has 5 heteroatoms. The third kappa shape index (κ3) is 3.30. The lowest BCUT2D eigenvalue weighted by Crippen LogP contribution is -2.48. The van der Waals surface area contributed by atoms with Gasteiger partial charge in [-0.2, -0.15) is 0 Å². The van der Waals surface area contributed by atoms with E-state index in [2.05, 4.69) is 11.8 Å². The number of nitrogens with two attached hydrogens (primary N) is 1. The molecule has 0 atom stereocenters. The Balaban J connectivity index is 2.08. The van der Waals surface area contributed by atoms with Crippen molar-refractivity contribution in [1.82, 2.24) is 9.80 Å². The van der Waals surface area contributed by atoms with Crippen molar-refractivity contribution in [2.24, 2.45) is 5.73 Å². The summed E-state index contributed by atoms with van der Waals surface area (Å²) in [6.07, 6.45) is 0. The summed E-state index contributed by atoms with van der Waals surface area (Å²) in [5.41, 5.74) is 7.00. The summed E-state index contributed by atoms with van der Waals surface area (Å²) in [4.78, 5) is 17.0. The van der Waals surface area contributed by atoms with E-state index in [1.165, 1.54) is 0 Å². The molecule has 1 amide bonds. The topological polar surface area (TPSA) is 49.6 Å². The number of hydrogen-bond donors (Lipinski definition) is 1. The SMILES string of the molecule is CCN1CCN(C(=O)c2cccc(C(N)=S)c2)CC1. The number of carbonyl (C=O) groups excluding carboxylic acids is 1. The first-order valence-corrected chi connectivity index (χ1v) is 6.94. The molecule has 1 fully saturated rings. The Kier molecular flexibility index (Phi) is 4.50. The average Bonchev–Trinajstić information content (AvgIpc) is 2.46. The Morgan fingerprint density at radius 3 is 2.47 bits per heavy atom. The number of likely N-dealkylation sites (N-methyl/N-ethyl adjacent to an activating group) is 1. The van der Waals surface area contributed by atoms with Crippen molar-refractivity contribution in [3.05, 3.63) is 35.4 Å². The van der Waals surface area contributed by atoms with Crippen LogP contribution in [0.2, 0.25) is 0 Å². The van der Waals surface area contributed by atoms with Crippen molar-refractivity contribution >= 4 is 23.1 Å². The fraction of sp³-hybridized carbons (Fsp3) is 0.429. The first-order chi connectivity index (χ1) is 9.11. The van der Waals surface area contributed by atoms with Crippen LogP contribution in [0.4, 0.5) is 0 Å². The second kappa shape index (κ2) is 6.12. The predicted molar refractivity (Wildman–Crippen MR) is 80.3 cm³/mol. The molecule has 19 heavy (non-hydrogen) atoms. The number of benzene rings is 1. The summed E-state index contributed by atoms with van der Waals surface area (Å²) in [7, 11) is 0. The van der Waals surface area contributed by atoms with E-state index in [1.807, 2.05) is 23.1 Å². The van der Waals surface area contributed by atoms with Gasteiger partial charge >= 0.3 is 0 Å². The Morgan fingerprint density at radius 1 is 1.26 bits per heavy atom. The van der Waals surface area contributed by atoms with Crippen molar-refractivity contribution in [1.29, 1.82) is 0 Å². The van der Waals surface area contributed by atoms with Gasteiger partial charge in [0.05, 0.1) is 0 Å². The summed E-state index contributed by atoms with van der Waals surface area (Å²) >= 11 is 4.94. The third-order valence-corrected chi connectivity index (χ3v) is 3.74. The van der Waals surface area contributed by atoms with Gasteiger partial charge in [0.1, 0.15) is 4.99 Å². The molecule has 1 aromatic carbocycles. The summed E-state index contributed by atoms with van der Waals surface area (Å²) in [6, 6.07) is 7.24. The highest BCUT2D eigenvalue weighted by Crippen LogP contribution is 2.11. The standard InChI is InChI=1S/C14H19N3OS/c1-2-16-6-8-17(9-7-16)14(18)12-5-3-4-11(10-12)13(15)19/h3-5,10H,2,6-9H2,1H3,(H2,15,19). The van der Waals surface area contributed by atoms with Gasteiger partial charge in [0.25, 0.3) is 5.91 Å². The largest absolute Gasteiger partial charge is 0.389 e. The van der Waals surface area contributed by atoms with Gasteiger partial charge in [0, 0.05) is 37.3 Å². The average molecular weight is 277 g/mol. The molecule has 1 heterocycles. The maximum Gasteiger partial charge on any atom is 0.253 e. The van der Waals surface area contributed by atoms with Gasteiger partial charge in [-0.25, -0.2) is 0 Å². The molecule has 102 valence electrons. The van der Waals surface area contributed by atoms with Crippen molar-refractivity contribution < 1.29 is 4.79 Å². The Labute approximate surface area is 119 Å². The normalized spacial score (nSPS) is 16.4. The van der Waals surface area contributed by atoms with Crippen molar-refractivity contribution in [3.8, 4) is 0 Å². The Bertz CT molecular complexity index is 481. The molecule has 1 aliphatic rings. The maximum atomic E-state index is 12.4. The predicted octanol–water partition coefficient (Wildman–Crippen LogP) is 1.10. The molecule has 0 aromatic heterocycles. The van der Waals surface area contributed by atoms with Crippen molar-refractivity contribution in [3.63, 3.8) is 0 Å². The summed E-state index contributed by atoms with van der Waals surface area (Å²) < 4.78 is 0. The number of thiocarbonyl (C=S) groups is 1. The molecule has 0 saturated carbocycles. The van der Waals surface area contributed by atoms with E-state index in [1.54, 1.807) is 6.07 Å². The van der Waals surface area contributed by atoms with E-state index in [-0.39, 0.29) is 5.91 Å². The second-order valence-corrected chi connectivity index (χ2v) is 5.11. The van der Waals surface area contributed by atoms with Crippen LogP contribution in [0.3, 0.4) is 0 Å². The van der Waals surface area contributed by atoms with Crippen LogP contribution in [-0.4, -0.2) is 53.4 Å². The molecular formula is C14H19N3OS. The molecule has 4 nitrogen and oxygen atoms in total. The van der Waals surface area contributed by atoms with Gasteiger partial charge < -0.3 is 15.5 Å². The van der Waals surface area contributed by atoms with Crippen molar-refractivity contribution in [2.75, 3.05) is 32.7 Å². The quantitative estimate of drug-likeness (QED) is 0.841. The third-order valence-electron chi connectivity index (χ3n) is 3.50. The zero-order valence-corrected chi connectivity index (χ0v) is 11.9. The number of carbonyl (C=O) groups is 1. The molecule has 2 N–H and O–H groups in total. The van der Waals surface area contributed by atoms with Crippen LogP contribution in [0, 0.1) is 0 Å². The summed E-state index contributed by atoms with van der Waals surface area (Å²) in [6.45, 7) is 6.63. The highest BCUT2D eigenvalue weighted by Gasteiger charge is 2.21. The van der Waals surface area contributed by atoms with Crippen LogP contribution >= 0.6 is 12.2 Å². The summed E-state index contributed by atoms with van der Waals surface area (Å²) in [5.74, 6) is 0.0638. The highest BCUT2D eigenvalue weighted by atomic mass is 32.1. The second-order valence-electron chi connectivity index (χ2n) is 4.67. The molecule has 1 aliphatic heterocycles. The molecular weight excluding hydrogens is 258 g/mol. The minimum Gasteiger partial charge on any atom is -0.389 e. The van der Waals surface area contributed by atoms with E-state index in [9.17, 15) is 4.79 Å². The molecule has 0 spiro atoms. The van der Waals surface area contributed by atoms with E-state index in [4.69, 9.17) is 18.0 Å². The molecule has 1 saturated heterocycles. The molecule has 2 rings (SSSR count). The lowest BCUT2D eigenvalue weighted by atomic mass is 10.1. The fourth-order valence-electron chi connectivity index (χ4n) is 2.26. The molecule has 0 bridgehead atoms. The minimum atomic E-state index is 0.0638. The van der Waals surface area contributed by atoms with E-state index in [0.717, 1.165) is 38.3 Å². The van der Waals surface area contributed by atoms with Gasteiger partial charge in [-0.05, 0) is 18.7 Å². The van der Waals surface area contributed by atoms with Crippen LogP contribution in [0.5, 0.6) is 0 Å². The zero-order chi connectivity index (χ0) is 13.8. The zero-order valence-electron chi connectivity index (χ0n) is 11.1. The van der Waals surface area contributed by atoms with Gasteiger partial charge in [0.2, 0.25) is 0 Å². The number of amides is 1. The Hall–Kier alpha value is -1.46. The molecule has 1 aromatic rings. The highest BCUT2D eigenvalue weighted by molar-refractivity contribution is 7.80. The smallest absolute Gasteiger partial charge is 0.253 e. The van der Waals surface area contributed by atoms with Gasteiger partial charge in [-0.1, -0.05) is 31.3 Å². The Morgan fingerprint density at radius 2 is 1.89 bits per heavy atom. The first-order valence-electron chi connectivity index (χ1n) is 6.53. The van der Waals surface area contributed by atoms with Gasteiger partial charge in [-0.15, -0.1) is 0 Å². The van der Waals surface area contributed by atoms with Crippen LogP contribution in [0.15, 0.2) is 24.3 Å². The molecule has 0 unspecified atom stereocenters. The number of piperazine rings is 1. The van der Waals surface area contributed by atoms with Crippen LogP contribution < -0.4 is 5.73 Å². The fourth-order valence-corrected chi connectivity index (χ4v) is 2.38. The lowest BCUT2D eigenvalue weighted by molar-refractivity contribution is 0.0643.